The lowest BCUT2D eigenvalue weighted by atomic mass is 10.2. The predicted molar refractivity (Wildman–Crippen MR) is 94.1 cm³/mol. The molecule has 3 rings (SSSR count). The van der Waals surface area contributed by atoms with Crippen molar-refractivity contribution in [2.45, 2.75) is 13.5 Å². The monoisotopic (exact) mass is 337 g/mol. The van der Waals surface area contributed by atoms with Crippen LogP contribution in [0, 0.1) is 0 Å². The zero-order chi connectivity index (χ0) is 17.6. The number of nitrogens with zero attached hydrogens (tertiary/aromatic N) is 3. The number of carbonyl (C=O) groups is 2. The third-order valence-corrected chi connectivity index (χ3v) is 3.70. The molecule has 7 heteroatoms. The molecule has 2 amide bonds. The Morgan fingerprint density at radius 3 is 2.68 bits per heavy atom. The number of fused-ring (bicyclic) bond motifs is 1. The molecular formula is C18H19N5O2. The molecule has 2 aromatic heterocycles. The topological polar surface area (TPSA) is 88.9 Å². The fraction of sp³-hybridized carbons (Fsp3) is 0.222. The number of pyridine rings is 1. The van der Waals surface area contributed by atoms with Crippen molar-refractivity contribution in [3.8, 4) is 0 Å². The van der Waals surface area contributed by atoms with E-state index in [1.165, 1.54) is 6.20 Å². The average molecular weight is 337 g/mol. The summed E-state index contributed by atoms with van der Waals surface area (Å²) in [5.41, 5.74) is 2.23. The van der Waals surface area contributed by atoms with Gasteiger partial charge in [-0.2, -0.15) is 5.10 Å². The summed E-state index contributed by atoms with van der Waals surface area (Å²) in [6.07, 6.45) is 3.18. The fourth-order valence-corrected chi connectivity index (χ4v) is 2.49. The van der Waals surface area contributed by atoms with Crippen LogP contribution in [0.3, 0.4) is 0 Å². The molecule has 7 nitrogen and oxygen atoms in total. The van der Waals surface area contributed by atoms with Gasteiger partial charge in [0.1, 0.15) is 0 Å². The Balaban J connectivity index is 1.73. The van der Waals surface area contributed by atoms with Crippen LogP contribution in [0.2, 0.25) is 0 Å². The van der Waals surface area contributed by atoms with Crippen LogP contribution >= 0.6 is 0 Å². The summed E-state index contributed by atoms with van der Waals surface area (Å²) in [6, 6.07) is 11.7. The maximum atomic E-state index is 12.1. The van der Waals surface area contributed by atoms with Gasteiger partial charge in [-0.15, -0.1) is 0 Å². The van der Waals surface area contributed by atoms with Gasteiger partial charge in [0.05, 0.1) is 24.8 Å². The standard InChI is InChI=1S/C18H19N5O2/c1-2-19-16(24)11-21-18(25)15-8-14-10-22-23(17(14)20-9-15)12-13-6-4-3-5-7-13/h3-10H,2,11-12H2,1H3,(H,19,24)(H,21,25). The first kappa shape index (κ1) is 16.6. The first-order valence-electron chi connectivity index (χ1n) is 8.07. The number of aromatic nitrogens is 3. The Morgan fingerprint density at radius 1 is 1.12 bits per heavy atom. The Kier molecular flexibility index (Phi) is 5.03. The maximum absolute atomic E-state index is 12.1. The van der Waals surface area contributed by atoms with E-state index in [4.69, 9.17) is 0 Å². The lowest BCUT2D eigenvalue weighted by Gasteiger charge is -2.06. The molecule has 25 heavy (non-hydrogen) atoms. The molecule has 3 aromatic rings. The summed E-state index contributed by atoms with van der Waals surface area (Å²) in [6.45, 7) is 2.91. The fourth-order valence-electron chi connectivity index (χ4n) is 2.49. The highest BCUT2D eigenvalue weighted by Gasteiger charge is 2.11. The molecular weight excluding hydrogens is 318 g/mol. The minimum absolute atomic E-state index is 0.0576. The van der Waals surface area contributed by atoms with Crippen molar-refractivity contribution in [3.05, 3.63) is 59.9 Å². The van der Waals surface area contributed by atoms with E-state index >= 15 is 0 Å². The molecule has 0 radical (unpaired) electrons. The first-order chi connectivity index (χ1) is 12.2. The largest absolute Gasteiger partial charge is 0.355 e. The van der Waals surface area contributed by atoms with Gasteiger partial charge in [0.25, 0.3) is 5.91 Å². The van der Waals surface area contributed by atoms with E-state index in [2.05, 4.69) is 20.7 Å². The Labute approximate surface area is 145 Å². The number of likely N-dealkylation sites (N-methyl/N-ethyl adjacent to an activating group) is 1. The molecule has 0 atom stereocenters. The maximum Gasteiger partial charge on any atom is 0.253 e. The molecule has 0 saturated carbocycles. The van der Waals surface area contributed by atoms with Gasteiger partial charge in [-0.3, -0.25) is 9.59 Å². The lowest BCUT2D eigenvalue weighted by molar-refractivity contribution is -0.120. The summed E-state index contributed by atoms with van der Waals surface area (Å²) in [4.78, 5) is 27.9. The van der Waals surface area contributed by atoms with Crippen molar-refractivity contribution in [2.75, 3.05) is 13.1 Å². The van der Waals surface area contributed by atoms with Crippen molar-refractivity contribution < 1.29 is 9.59 Å². The molecule has 0 bridgehead atoms. The van der Waals surface area contributed by atoms with Crippen LogP contribution in [0.1, 0.15) is 22.8 Å². The van der Waals surface area contributed by atoms with E-state index in [0.29, 0.717) is 24.3 Å². The number of hydrogen-bond donors (Lipinski definition) is 2. The highest BCUT2D eigenvalue weighted by molar-refractivity contribution is 5.98. The molecule has 0 saturated heterocycles. The van der Waals surface area contributed by atoms with E-state index < -0.39 is 0 Å². The van der Waals surface area contributed by atoms with Crippen LogP contribution in [-0.4, -0.2) is 39.7 Å². The van der Waals surface area contributed by atoms with Gasteiger partial charge in [0.15, 0.2) is 5.65 Å². The zero-order valence-corrected chi connectivity index (χ0v) is 13.9. The van der Waals surface area contributed by atoms with Crippen molar-refractivity contribution in [3.63, 3.8) is 0 Å². The second-order valence-corrected chi connectivity index (χ2v) is 5.56. The number of nitrogens with one attached hydrogen (secondary N) is 2. The number of rotatable bonds is 6. The summed E-state index contributed by atoms with van der Waals surface area (Å²) >= 11 is 0. The van der Waals surface area contributed by atoms with Crippen molar-refractivity contribution in [2.24, 2.45) is 0 Å². The van der Waals surface area contributed by atoms with Gasteiger partial charge < -0.3 is 10.6 Å². The smallest absolute Gasteiger partial charge is 0.253 e. The number of carbonyl (C=O) groups excluding carboxylic acids is 2. The SMILES string of the molecule is CCNC(=O)CNC(=O)c1cnc2c(cnn2Cc2ccccc2)c1. The number of hydrogen-bond acceptors (Lipinski definition) is 4. The molecule has 0 fully saturated rings. The summed E-state index contributed by atoms with van der Waals surface area (Å²) < 4.78 is 1.79. The first-order valence-corrected chi connectivity index (χ1v) is 8.07. The minimum Gasteiger partial charge on any atom is -0.355 e. The molecule has 0 aliphatic carbocycles. The number of benzene rings is 1. The van der Waals surface area contributed by atoms with Crippen LogP contribution in [0.4, 0.5) is 0 Å². The van der Waals surface area contributed by atoms with E-state index in [1.807, 2.05) is 37.3 Å². The van der Waals surface area contributed by atoms with E-state index in [9.17, 15) is 9.59 Å². The highest BCUT2D eigenvalue weighted by Crippen LogP contribution is 2.14. The number of amides is 2. The van der Waals surface area contributed by atoms with Gasteiger partial charge in [-0.25, -0.2) is 9.67 Å². The molecule has 2 heterocycles. The van der Waals surface area contributed by atoms with Gasteiger partial charge in [0.2, 0.25) is 5.91 Å². The van der Waals surface area contributed by atoms with Crippen LogP contribution in [0.15, 0.2) is 48.8 Å². The van der Waals surface area contributed by atoms with Crippen molar-refractivity contribution >= 4 is 22.8 Å². The molecule has 0 unspecified atom stereocenters. The van der Waals surface area contributed by atoms with Crippen molar-refractivity contribution in [1.29, 1.82) is 0 Å². The second kappa shape index (κ2) is 7.57. The van der Waals surface area contributed by atoms with Gasteiger partial charge >= 0.3 is 0 Å². The van der Waals surface area contributed by atoms with E-state index in [1.54, 1.807) is 16.9 Å². The third-order valence-electron chi connectivity index (χ3n) is 3.70. The summed E-state index contributed by atoms with van der Waals surface area (Å²) in [5.74, 6) is -0.558. The molecule has 2 N–H and O–H groups in total. The van der Waals surface area contributed by atoms with Gasteiger partial charge in [-0.05, 0) is 18.6 Å². The Morgan fingerprint density at radius 2 is 1.92 bits per heavy atom. The molecule has 0 aliphatic rings. The van der Waals surface area contributed by atoms with Crippen molar-refractivity contribution in [1.82, 2.24) is 25.4 Å². The van der Waals surface area contributed by atoms with E-state index in [0.717, 1.165) is 10.9 Å². The highest BCUT2D eigenvalue weighted by atomic mass is 16.2. The van der Waals surface area contributed by atoms with Crippen LogP contribution in [-0.2, 0) is 11.3 Å². The normalized spacial score (nSPS) is 10.6. The average Bonchev–Trinajstić information content (AvgIpc) is 3.03. The molecule has 1 aromatic carbocycles. The van der Waals surface area contributed by atoms with Crippen LogP contribution in [0.25, 0.3) is 11.0 Å². The second-order valence-electron chi connectivity index (χ2n) is 5.56. The minimum atomic E-state index is -0.337. The molecule has 128 valence electrons. The van der Waals surface area contributed by atoms with Gasteiger partial charge in [-0.1, -0.05) is 30.3 Å². The Bertz CT molecular complexity index is 889. The molecule has 0 spiro atoms. The lowest BCUT2D eigenvalue weighted by Crippen LogP contribution is -2.36. The van der Waals surface area contributed by atoms with Gasteiger partial charge in [0, 0.05) is 18.1 Å². The quantitative estimate of drug-likeness (QED) is 0.710. The third kappa shape index (κ3) is 4.00. The summed E-state index contributed by atoms with van der Waals surface area (Å²) in [5, 5.41) is 10.3. The Hall–Kier alpha value is -3.22. The molecule has 0 aliphatic heterocycles. The van der Waals surface area contributed by atoms with Crippen LogP contribution < -0.4 is 10.6 Å². The van der Waals surface area contributed by atoms with Crippen LogP contribution in [0.5, 0.6) is 0 Å². The zero-order valence-electron chi connectivity index (χ0n) is 13.9. The summed E-state index contributed by atoms with van der Waals surface area (Å²) in [7, 11) is 0. The predicted octanol–water partition coefficient (Wildman–Crippen LogP) is 1.35. The van der Waals surface area contributed by atoms with E-state index in [-0.39, 0.29) is 18.4 Å².